The van der Waals surface area contributed by atoms with Crippen LogP contribution in [0.15, 0.2) is 34.1 Å². The number of thioether (sulfide) groups is 1. The Morgan fingerprint density at radius 1 is 1.30 bits per heavy atom. The van der Waals surface area contributed by atoms with Crippen LogP contribution in [0.25, 0.3) is 0 Å². The molecule has 1 atom stereocenters. The third kappa shape index (κ3) is 3.26. The molecule has 2 aromatic rings. The number of aromatic nitrogens is 1. The summed E-state index contributed by atoms with van der Waals surface area (Å²) >= 11 is 3.32. The second kappa shape index (κ2) is 6.47. The molecule has 0 saturated heterocycles. The summed E-state index contributed by atoms with van der Waals surface area (Å²) in [6.45, 7) is 1.40. The number of thiazole rings is 1. The van der Waals surface area contributed by atoms with Gasteiger partial charge in [0.05, 0.1) is 13.2 Å². The van der Waals surface area contributed by atoms with Crippen molar-refractivity contribution in [2.24, 2.45) is 5.73 Å². The predicted octanol–water partition coefficient (Wildman–Crippen LogP) is 3.10. The molecule has 1 aliphatic rings. The van der Waals surface area contributed by atoms with Crippen LogP contribution in [0.4, 0.5) is 0 Å². The van der Waals surface area contributed by atoms with Crippen LogP contribution in [-0.2, 0) is 0 Å². The van der Waals surface area contributed by atoms with Crippen LogP contribution in [0, 0.1) is 0 Å². The van der Waals surface area contributed by atoms with E-state index >= 15 is 0 Å². The molecule has 0 spiro atoms. The topological polar surface area (TPSA) is 57.4 Å². The lowest BCUT2D eigenvalue weighted by Gasteiger charge is -2.14. The summed E-state index contributed by atoms with van der Waals surface area (Å²) in [6.07, 6.45) is 2.72. The fraction of sp³-hybridized carbons (Fsp3) is 0.357. The Balaban J connectivity index is 1.68. The molecular formula is C14H16N2O2S2. The van der Waals surface area contributed by atoms with Gasteiger partial charge in [-0.25, -0.2) is 4.98 Å². The van der Waals surface area contributed by atoms with Crippen molar-refractivity contribution in [2.75, 3.05) is 19.0 Å². The second-order valence-electron chi connectivity index (χ2n) is 4.47. The SMILES string of the molecule is NC(CSc1nccs1)c1ccc2c(c1)OCCCO2. The first-order valence-electron chi connectivity index (χ1n) is 6.50. The molecule has 20 heavy (non-hydrogen) atoms. The van der Waals surface area contributed by atoms with Gasteiger partial charge in [0.1, 0.15) is 4.34 Å². The van der Waals surface area contributed by atoms with Crippen LogP contribution >= 0.6 is 23.1 Å². The van der Waals surface area contributed by atoms with Crippen LogP contribution < -0.4 is 15.2 Å². The quantitative estimate of drug-likeness (QED) is 0.880. The van der Waals surface area contributed by atoms with Gasteiger partial charge in [-0.15, -0.1) is 11.3 Å². The van der Waals surface area contributed by atoms with Crippen molar-refractivity contribution in [1.82, 2.24) is 4.98 Å². The normalized spacial score (nSPS) is 15.7. The van der Waals surface area contributed by atoms with Crippen LogP contribution in [0.2, 0.25) is 0 Å². The number of nitrogens with zero attached hydrogens (tertiary/aromatic N) is 1. The van der Waals surface area contributed by atoms with Gasteiger partial charge in [0, 0.05) is 29.8 Å². The molecule has 1 aromatic heterocycles. The fourth-order valence-electron chi connectivity index (χ4n) is 1.95. The first-order valence-corrected chi connectivity index (χ1v) is 8.37. The summed E-state index contributed by atoms with van der Waals surface area (Å²) in [5.41, 5.74) is 7.31. The number of hydrogen-bond acceptors (Lipinski definition) is 6. The van der Waals surface area contributed by atoms with E-state index in [0.29, 0.717) is 13.2 Å². The standard InChI is InChI=1S/C14H16N2O2S2/c15-11(9-20-14-16-4-7-19-14)10-2-3-12-13(8-10)18-6-1-5-17-12/h2-4,7-8,11H,1,5-6,9,15H2. The summed E-state index contributed by atoms with van der Waals surface area (Å²) < 4.78 is 12.4. The first kappa shape index (κ1) is 13.7. The zero-order valence-electron chi connectivity index (χ0n) is 11.0. The molecule has 1 aliphatic heterocycles. The van der Waals surface area contributed by atoms with E-state index < -0.39 is 0 Å². The van der Waals surface area contributed by atoms with Crippen LogP contribution in [0.1, 0.15) is 18.0 Å². The summed E-state index contributed by atoms with van der Waals surface area (Å²) in [5, 5.41) is 1.97. The highest BCUT2D eigenvalue weighted by Crippen LogP contribution is 2.33. The predicted molar refractivity (Wildman–Crippen MR) is 81.8 cm³/mol. The molecule has 4 nitrogen and oxygen atoms in total. The molecule has 6 heteroatoms. The molecule has 0 saturated carbocycles. The summed E-state index contributed by atoms with van der Waals surface area (Å²) in [4.78, 5) is 4.25. The average Bonchev–Trinajstić information content (AvgIpc) is 2.88. The molecule has 2 N–H and O–H groups in total. The van der Waals surface area contributed by atoms with Gasteiger partial charge in [0.25, 0.3) is 0 Å². The minimum absolute atomic E-state index is 0.0407. The number of fused-ring (bicyclic) bond motifs is 1. The van der Waals surface area contributed by atoms with Gasteiger partial charge in [-0.1, -0.05) is 17.8 Å². The molecular weight excluding hydrogens is 292 g/mol. The fourth-order valence-corrected chi connectivity index (χ4v) is 3.60. The van der Waals surface area contributed by atoms with Gasteiger partial charge in [-0.3, -0.25) is 0 Å². The maximum atomic E-state index is 6.24. The third-order valence-electron chi connectivity index (χ3n) is 3.00. The van der Waals surface area contributed by atoms with E-state index in [9.17, 15) is 0 Å². The van der Waals surface area contributed by atoms with Gasteiger partial charge in [0.15, 0.2) is 11.5 Å². The highest BCUT2D eigenvalue weighted by atomic mass is 32.2. The Hall–Kier alpha value is -1.24. The Bertz CT molecular complexity index is 560. The van der Waals surface area contributed by atoms with E-state index in [-0.39, 0.29) is 6.04 Å². The van der Waals surface area contributed by atoms with E-state index in [4.69, 9.17) is 15.2 Å². The first-order chi connectivity index (χ1) is 9.83. The maximum absolute atomic E-state index is 6.24. The van der Waals surface area contributed by atoms with Crippen molar-refractivity contribution in [2.45, 2.75) is 16.8 Å². The van der Waals surface area contributed by atoms with Crippen molar-refractivity contribution in [3.05, 3.63) is 35.3 Å². The second-order valence-corrected chi connectivity index (χ2v) is 6.63. The smallest absolute Gasteiger partial charge is 0.161 e. The summed E-state index contributed by atoms with van der Waals surface area (Å²) in [5.74, 6) is 2.41. The summed E-state index contributed by atoms with van der Waals surface area (Å²) in [7, 11) is 0. The lowest BCUT2D eigenvalue weighted by atomic mass is 10.1. The zero-order valence-corrected chi connectivity index (χ0v) is 12.6. The lowest BCUT2D eigenvalue weighted by Crippen LogP contribution is -2.13. The molecule has 3 rings (SSSR count). The minimum atomic E-state index is -0.0407. The molecule has 0 radical (unpaired) electrons. The molecule has 0 fully saturated rings. The van der Waals surface area contributed by atoms with E-state index in [1.807, 2.05) is 29.8 Å². The number of ether oxygens (including phenoxy) is 2. The molecule has 0 amide bonds. The van der Waals surface area contributed by atoms with Crippen LogP contribution in [-0.4, -0.2) is 24.0 Å². The van der Waals surface area contributed by atoms with Crippen LogP contribution in [0.3, 0.4) is 0 Å². The molecule has 2 heterocycles. The Kier molecular flexibility index (Phi) is 4.44. The van der Waals surface area contributed by atoms with Crippen molar-refractivity contribution in [1.29, 1.82) is 0 Å². The Morgan fingerprint density at radius 2 is 2.15 bits per heavy atom. The average molecular weight is 308 g/mol. The van der Waals surface area contributed by atoms with Crippen molar-refractivity contribution < 1.29 is 9.47 Å². The maximum Gasteiger partial charge on any atom is 0.161 e. The largest absolute Gasteiger partial charge is 0.490 e. The number of hydrogen-bond donors (Lipinski definition) is 1. The summed E-state index contributed by atoms with van der Waals surface area (Å²) in [6, 6.07) is 5.92. The lowest BCUT2D eigenvalue weighted by molar-refractivity contribution is 0.297. The van der Waals surface area contributed by atoms with E-state index in [1.165, 1.54) is 0 Å². The number of rotatable bonds is 4. The molecule has 0 aliphatic carbocycles. The van der Waals surface area contributed by atoms with Gasteiger partial charge < -0.3 is 15.2 Å². The zero-order chi connectivity index (χ0) is 13.8. The highest BCUT2D eigenvalue weighted by molar-refractivity contribution is 8.01. The Labute approximate surface area is 126 Å². The van der Waals surface area contributed by atoms with Crippen molar-refractivity contribution >= 4 is 23.1 Å². The highest BCUT2D eigenvalue weighted by Gasteiger charge is 2.14. The Morgan fingerprint density at radius 3 is 2.95 bits per heavy atom. The van der Waals surface area contributed by atoms with Gasteiger partial charge in [-0.05, 0) is 17.7 Å². The minimum Gasteiger partial charge on any atom is -0.490 e. The monoisotopic (exact) mass is 308 g/mol. The molecule has 106 valence electrons. The third-order valence-corrected chi connectivity index (χ3v) is 5.08. The van der Waals surface area contributed by atoms with Gasteiger partial charge >= 0.3 is 0 Å². The van der Waals surface area contributed by atoms with Crippen molar-refractivity contribution in [3.63, 3.8) is 0 Å². The molecule has 1 aromatic carbocycles. The van der Waals surface area contributed by atoms with E-state index in [0.717, 1.165) is 33.6 Å². The molecule has 0 bridgehead atoms. The number of nitrogens with two attached hydrogens (primary N) is 1. The molecule has 1 unspecified atom stereocenters. The number of benzene rings is 1. The van der Waals surface area contributed by atoms with Crippen molar-refractivity contribution in [3.8, 4) is 11.5 Å². The van der Waals surface area contributed by atoms with Crippen LogP contribution in [0.5, 0.6) is 11.5 Å². The van der Waals surface area contributed by atoms with Gasteiger partial charge in [0.2, 0.25) is 0 Å². The van der Waals surface area contributed by atoms with Gasteiger partial charge in [-0.2, -0.15) is 0 Å². The van der Waals surface area contributed by atoms with E-state index in [1.54, 1.807) is 23.1 Å². The van der Waals surface area contributed by atoms with E-state index in [2.05, 4.69) is 4.98 Å².